The summed E-state index contributed by atoms with van der Waals surface area (Å²) in [6.45, 7) is 0. The quantitative estimate of drug-likeness (QED) is 0.163. The van der Waals surface area contributed by atoms with Gasteiger partial charge in [0.15, 0.2) is 0 Å². The van der Waals surface area contributed by atoms with Crippen molar-refractivity contribution in [2.45, 2.75) is 0 Å². The normalized spacial score (nSPS) is 20.4. The summed E-state index contributed by atoms with van der Waals surface area (Å²) >= 11 is 0. The van der Waals surface area contributed by atoms with Crippen molar-refractivity contribution in [2.24, 2.45) is 0 Å². The highest BCUT2D eigenvalue weighted by Gasteiger charge is 2.23. The molecule has 1 heterocycles. The molecule has 0 aliphatic rings. The highest BCUT2D eigenvalue weighted by molar-refractivity contribution is 6.18. The number of para-hydroxylation sites is 1. The van der Waals surface area contributed by atoms with E-state index >= 15 is 0 Å². The molecule has 0 aliphatic carbocycles. The molecule has 54 heavy (non-hydrogen) atoms. The minimum absolute atomic E-state index is 0.305. The third kappa shape index (κ3) is 5.62. The molecule has 0 spiro atoms. The molecule has 0 fully saturated rings. The molecule has 0 unspecified atom stereocenters. The van der Waals surface area contributed by atoms with Crippen molar-refractivity contribution in [1.82, 2.24) is 0 Å². The summed E-state index contributed by atoms with van der Waals surface area (Å²) in [6, 6.07) is -38.6. The molecule has 1 aromatic heterocycles. The first-order chi connectivity index (χ1) is 41.4. The molecule has 0 N–H and O–H groups in total. The SMILES string of the molecule is [2H]c1c([2H])c([2H])c(-c2c([2H])c([2H])c(-c3c([2H])c([2H])c(N(c4c([2H])c([2H])c([2H])c(-c5c([2H])c([2H])c([2H])c([2H])c5[2H])c4[2H])c4c([2H])c([2H])c(-c5c([2H])c([2H])c([2H])c6c([2H])c([2H])c([2H])c([2H])c56)c5oc6c([2H])c([2H])c([2H])c([2H])c6c45)c([2H])c3[2H])c([2H])c2[2H])c([2H])c1[2H]. The molecule has 0 bridgehead atoms. The zero-order valence-electron chi connectivity index (χ0n) is 61.9. The summed E-state index contributed by atoms with van der Waals surface area (Å²) in [5.41, 5.74) is -13.0. The summed E-state index contributed by atoms with van der Waals surface area (Å²) in [6.07, 6.45) is 0. The lowest BCUT2D eigenvalue weighted by atomic mass is 9.95. The van der Waals surface area contributed by atoms with E-state index in [2.05, 4.69) is 0 Å². The summed E-state index contributed by atoms with van der Waals surface area (Å²) in [5, 5.41) is -3.17. The molecule has 0 saturated carbocycles. The Labute approximate surface area is 364 Å². The van der Waals surface area contributed by atoms with E-state index in [0.29, 0.717) is 4.90 Å². The van der Waals surface area contributed by atoms with Crippen molar-refractivity contribution in [3.63, 3.8) is 0 Å². The number of anilines is 3. The maximum Gasteiger partial charge on any atom is 0.145 e. The number of furan rings is 1. The molecule has 10 aromatic rings. The van der Waals surface area contributed by atoms with E-state index < -0.39 is 306 Å². The fraction of sp³-hybridized carbons (Fsp3) is 0. The Hall–Kier alpha value is -7.16. The third-order valence-corrected chi connectivity index (χ3v) is 7.94. The number of benzene rings is 9. The number of hydrogen-bond donors (Lipinski definition) is 0. The molecule has 2 heteroatoms. The highest BCUT2D eigenvalue weighted by atomic mass is 16.3. The van der Waals surface area contributed by atoms with Gasteiger partial charge in [0.1, 0.15) is 11.2 Å². The molecular weight excluding hydrogens is 655 g/mol. The van der Waals surface area contributed by atoms with Gasteiger partial charge in [-0.3, -0.25) is 0 Å². The first-order valence-corrected chi connectivity index (χ1v) is 15.6. The molecule has 0 saturated heterocycles. The predicted molar refractivity (Wildman–Crippen MR) is 228 cm³/mol. The number of fused-ring (bicyclic) bond motifs is 4. The van der Waals surface area contributed by atoms with Crippen LogP contribution in [0.4, 0.5) is 17.1 Å². The topological polar surface area (TPSA) is 16.4 Å². The largest absolute Gasteiger partial charge is 0.455 e. The summed E-state index contributed by atoms with van der Waals surface area (Å²) in [5.74, 6) is 0. The molecule has 254 valence electrons. The Morgan fingerprint density at radius 3 is 1.63 bits per heavy atom. The second-order valence-corrected chi connectivity index (χ2v) is 11.0. The number of rotatable bonds is 7. The van der Waals surface area contributed by atoms with Gasteiger partial charge in [0.2, 0.25) is 0 Å². The van der Waals surface area contributed by atoms with Crippen molar-refractivity contribution in [3.8, 4) is 44.5 Å². The zero-order chi connectivity index (χ0) is 66.3. The maximum atomic E-state index is 10.1. The Morgan fingerprint density at radius 2 is 0.907 bits per heavy atom. The standard InChI is InChI=1S/C52H35NO/c1-3-13-36(14-4-1)38-25-27-39(28-26-38)40-29-31-43(32-30-40)53(44-20-11-19-42(35-44)37-15-5-2-6-16-37)49-34-33-47(46-23-12-18-41-17-7-8-21-45(41)46)52-51(49)48-22-9-10-24-50(48)54-52/h1-35H/i1D,2D,3D,4D,5D,6D,7D,8D,9D,10D,11D,12D,13D,14D,15D,16D,17D,18D,19D,20D,21D,22D,23D,24D,25D,26D,27D,28D,29D,30D,31D,32D,33D,34D,35D. The van der Waals surface area contributed by atoms with Gasteiger partial charge in [0.25, 0.3) is 0 Å². The lowest BCUT2D eigenvalue weighted by molar-refractivity contribution is 0.670. The fourth-order valence-electron chi connectivity index (χ4n) is 5.57. The first kappa shape index (κ1) is 11.9. The Morgan fingerprint density at radius 1 is 0.370 bits per heavy atom. The average molecular weight is 725 g/mol. The number of nitrogens with zero attached hydrogens (tertiary/aromatic N) is 1. The van der Waals surface area contributed by atoms with E-state index in [1.165, 1.54) is 0 Å². The number of hydrogen-bond acceptors (Lipinski definition) is 2. The van der Waals surface area contributed by atoms with E-state index in [1.807, 2.05) is 0 Å². The van der Waals surface area contributed by atoms with Crippen LogP contribution in [0.3, 0.4) is 0 Å². The van der Waals surface area contributed by atoms with Crippen LogP contribution in [0.2, 0.25) is 0 Å². The Balaban J connectivity index is 1.46. The molecule has 0 amide bonds. The average Bonchev–Trinajstić information content (AvgIpc) is 1.69. The minimum atomic E-state index is -1.41. The van der Waals surface area contributed by atoms with Crippen LogP contribution in [0.5, 0.6) is 0 Å². The van der Waals surface area contributed by atoms with E-state index in [1.54, 1.807) is 0 Å². The lowest BCUT2D eigenvalue weighted by Crippen LogP contribution is -2.10. The van der Waals surface area contributed by atoms with Gasteiger partial charge in [-0.1, -0.05) is 169 Å². The third-order valence-electron chi connectivity index (χ3n) is 7.94. The van der Waals surface area contributed by atoms with Crippen LogP contribution in [0.25, 0.3) is 77.2 Å². The van der Waals surface area contributed by atoms with Gasteiger partial charge in [0.05, 0.1) is 59.1 Å². The maximum absolute atomic E-state index is 10.1. The van der Waals surface area contributed by atoms with Crippen molar-refractivity contribution in [1.29, 1.82) is 0 Å². The van der Waals surface area contributed by atoms with Gasteiger partial charge in [0, 0.05) is 22.3 Å². The van der Waals surface area contributed by atoms with Crippen molar-refractivity contribution >= 4 is 49.8 Å². The van der Waals surface area contributed by atoms with Crippen LogP contribution in [-0.2, 0) is 0 Å². The Bertz CT molecular complexity index is 4850. The molecule has 10 rings (SSSR count). The summed E-state index contributed by atoms with van der Waals surface area (Å²) < 4.78 is 322. The molecule has 0 atom stereocenters. The monoisotopic (exact) mass is 724 g/mol. The van der Waals surface area contributed by atoms with Crippen molar-refractivity contribution in [3.05, 3.63) is 211 Å². The van der Waals surface area contributed by atoms with Gasteiger partial charge in [-0.05, 0) is 92.0 Å². The van der Waals surface area contributed by atoms with Crippen LogP contribution in [0, 0.1) is 0 Å². The summed E-state index contributed by atoms with van der Waals surface area (Å²) in [4.78, 5) is 0.305. The van der Waals surface area contributed by atoms with Gasteiger partial charge in [-0.25, -0.2) is 0 Å². The van der Waals surface area contributed by atoms with Crippen LogP contribution < -0.4 is 4.90 Å². The van der Waals surface area contributed by atoms with Crippen LogP contribution in [0.15, 0.2) is 216 Å². The molecule has 2 nitrogen and oxygen atoms in total. The van der Waals surface area contributed by atoms with Gasteiger partial charge < -0.3 is 9.32 Å². The minimum Gasteiger partial charge on any atom is -0.455 e. The molecule has 9 aromatic carbocycles. The van der Waals surface area contributed by atoms with E-state index in [-0.39, 0.29) is 0 Å². The summed E-state index contributed by atoms with van der Waals surface area (Å²) in [7, 11) is 0. The van der Waals surface area contributed by atoms with E-state index in [0.717, 1.165) is 0 Å². The Kier molecular flexibility index (Phi) is 2.97. The predicted octanol–water partition coefficient (Wildman–Crippen LogP) is 14.9. The van der Waals surface area contributed by atoms with Gasteiger partial charge >= 0.3 is 0 Å². The molecule has 0 radical (unpaired) electrons. The van der Waals surface area contributed by atoms with Gasteiger partial charge in [-0.2, -0.15) is 0 Å². The smallest absolute Gasteiger partial charge is 0.145 e. The first-order valence-electron chi connectivity index (χ1n) is 33.1. The highest BCUT2D eigenvalue weighted by Crippen LogP contribution is 2.47. The van der Waals surface area contributed by atoms with Gasteiger partial charge in [-0.15, -0.1) is 0 Å². The van der Waals surface area contributed by atoms with Crippen LogP contribution in [0.1, 0.15) is 48.0 Å². The van der Waals surface area contributed by atoms with Crippen molar-refractivity contribution in [2.75, 3.05) is 4.90 Å². The second kappa shape index (κ2) is 13.4. The lowest BCUT2D eigenvalue weighted by Gasteiger charge is -2.27. The zero-order valence-corrected chi connectivity index (χ0v) is 26.9. The van der Waals surface area contributed by atoms with Crippen molar-refractivity contribution < 1.29 is 52.4 Å². The van der Waals surface area contributed by atoms with E-state index in [4.69, 9.17) is 34.6 Å². The molecular formula is C52H35NO. The van der Waals surface area contributed by atoms with Crippen LogP contribution in [-0.4, -0.2) is 0 Å². The second-order valence-electron chi connectivity index (χ2n) is 11.0. The molecule has 0 aliphatic heterocycles. The van der Waals surface area contributed by atoms with E-state index in [9.17, 15) is 17.8 Å². The fourth-order valence-corrected chi connectivity index (χ4v) is 5.57. The van der Waals surface area contributed by atoms with Crippen LogP contribution >= 0.6 is 0 Å².